The zero-order valence-corrected chi connectivity index (χ0v) is 14.0. The highest BCUT2D eigenvalue weighted by atomic mass is 79.9. The van der Waals surface area contributed by atoms with Gasteiger partial charge in [0.05, 0.1) is 21.3 Å². The van der Waals surface area contributed by atoms with E-state index in [1.165, 1.54) is 6.07 Å². The van der Waals surface area contributed by atoms with Crippen molar-refractivity contribution in [3.8, 4) is 0 Å². The van der Waals surface area contributed by atoms with Crippen LogP contribution in [-0.2, 0) is 14.9 Å². The van der Waals surface area contributed by atoms with Gasteiger partial charge in [0.15, 0.2) is 0 Å². The van der Waals surface area contributed by atoms with E-state index in [0.717, 1.165) is 4.90 Å². The number of imide groups is 1. The standard InChI is InChI=1S/C14H16BrFN2O3/c1-13(2,3)21-12(20)18-8-6-7(15)10(16)17-9(8)14(4,5)11(18)19/h6H,1-5H3. The highest BCUT2D eigenvalue weighted by Gasteiger charge is 2.49. The van der Waals surface area contributed by atoms with E-state index in [9.17, 15) is 14.0 Å². The molecule has 7 heteroatoms. The molecule has 2 heterocycles. The predicted molar refractivity (Wildman–Crippen MR) is 78.6 cm³/mol. The van der Waals surface area contributed by atoms with Gasteiger partial charge in [0.1, 0.15) is 5.60 Å². The average molecular weight is 359 g/mol. The first-order valence-corrected chi connectivity index (χ1v) is 7.18. The summed E-state index contributed by atoms with van der Waals surface area (Å²) in [4.78, 5) is 29.5. The Kier molecular flexibility index (Phi) is 3.60. The number of ether oxygens (including phenoxy) is 1. The highest BCUT2D eigenvalue weighted by molar-refractivity contribution is 9.10. The van der Waals surface area contributed by atoms with Crippen molar-refractivity contribution in [3.05, 3.63) is 22.2 Å². The van der Waals surface area contributed by atoms with Crippen molar-refractivity contribution in [1.82, 2.24) is 4.98 Å². The van der Waals surface area contributed by atoms with E-state index in [0.29, 0.717) is 0 Å². The van der Waals surface area contributed by atoms with Crippen LogP contribution < -0.4 is 4.90 Å². The number of amides is 2. The number of anilines is 1. The van der Waals surface area contributed by atoms with Crippen LogP contribution in [0.1, 0.15) is 40.3 Å². The predicted octanol–water partition coefficient (Wildman–Crippen LogP) is 3.54. The summed E-state index contributed by atoms with van der Waals surface area (Å²) in [5.41, 5.74) is -1.37. The summed E-state index contributed by atoms with van der Waals surface area (Å²) in [5.74, 6) is -1.21. The van der Waals surface area contributed by atoms with E-state index < -0.39 is 29.0 Å². The van der Waals surface area contributed by atoms with Gasteiger partial charge < -0.3 is 4.74 Å². The second kappa shape index (κ2) is 4.76. The number of hydrogen-bond donors (Lipinski definition) is 0. The van der Waals surface area contributed by atoms with Crippen LogP contribution in [0.25, 0.3) is 0 Å². The van der Waals surface area contributed by atoms with Gasteiger partial charge in [-0.3, -0.25) is 4.79 Å². The van der Waals surface area contributed by atoms with Crippen molar-refractivity contribution >= 4 is 33.6 Å². The third-order valence-electron chi connectivity index (χ3n) is 3.06. The highest BCUT2D eigenvalue weighted by Crippen LogP contribution is 2.42. The van der Waals surface area contributed by atoms with Gasteiger partial charge in [-0.2, -0.15) is 4.39 Å². The molecule has 0 atom stereocenters. The monoisotopic (exact) mass is 358 g/mol. The van der Waals surface area contributed by atoms with Crippen LogP contribution in [-0.4, -0.2) is 22.6 Å². The minimum atomic E-state index is -1.09. The first-order chi connectivity index (χ1) is 9.45. The minimum absolute atomic E-state index is 0.0836. The van der Waals surface area contributed by atoms with E-state index in [1.807, 2.05) is 0 Å². The largest absolute Gasteiger partial charge is 0.443 e. The lowest BCUT2D eigenvalue weighted by Crippen LogP contribution is -2.43. The average Bonchev–Trinajstić information content (AvgIpc) is 2.47. The smallest absolute Gasteiger partial charge is 0.421 e. The van der Waals surface area contributed by atoms with Crippen LogP contribution >= 0.6 is 15.9 Å². The summed E-state index contributed by atoms with van der Waals surface area (Å²) in [6, 6.07) is 1.37. The second-order valence-corrected chi connectivity index (χ2v) is 7.23. The molecular formula is C14H16BrFN2O3. The van der Waals surface area contributed by atoms with Gasteiger partial charge in [-0.05, 0) is 56.6 Å². The number of nitrogens with zero attached hydrogens (tertiary/aromatic N) is 2. The van der Waals surface area contributed by atoms with Gasteiger partial charge in [-0.25, -0.2) is 14.7 Å². The lowest BCUT2D eigenvalue weighted by Gasteiger charge is -2.24. The van der Waals surface area contributed by atoms with E-state index in [1.54, 1.807) is 34.6 Å². The Morgan fingerprint density at radius 1 is 1.43 bits per heavy atom. The molecule has 0 saturated heterocycles. The van der Waals surface area contributed by atoms with E-state index >= 15 is 0 Å². The number of rotatable bonds is 0. The molecule has 114 valence electrons. The zero-order chi connectivity index (χ0) is 16.2. The summed E-state index contributed by atoms with van der Waals surface area (Å²) < 4.78 is 19.0. The molecule has 2 amide bonds. The summed E-state index contributed by atoms with van der Waals surface area (Å²) >= 11 is 3.02. The van der Waals surface area contributed by atoms with Crippen molar-refractivity contribution in [2.45, 2.75) is 45.6 Å². The molecule has 0 fully saturated rings. The summed E-state index contributed by atoms with van der Waals surface area (Å²) in [5, 5.41) is 0. The number of aromatic nitrogens is 1. The number of carbonyl (C=O) groups is 2. The first kappa shape index (κ1) is 15.9. The fourth-order valence-electron chi connectivity index (χ4n) is 2.07. The third kappa shape index (κ3) is 2.66. The molecule has 0 radical (unpaired) electrons. The van der Waals surface area contributed by atoms with E-state index in [-0.39, 0.29) is 15.9 Å². The summed E-state index contributed by atoms with van der Waals surface area (Å²) in [6.45, 7) is 8.31. The molecule has 21 heavy (non-hydrogen) atoms. The van der Waals surface area contributed by atoms with Crippen molar-refractivity contribution in [1.29, 1.82) is 0 Å². The van der Waals surface area contributed by atoms with Crippen LogP contribution in [0.5, 0.6) is 0 Å². The maximum atomic E-state index is 13.6. The van der Waals surface area contributed by atoms with Gasteiger partial charge in [0, 0.05) is 0 Å². The van der Waals surface area contributed by atoms with Crippen molar-refractivity contribution in [2.24, 2.45) is 0 Å². The van der Waals surface area contributed by atoms with Gasteiger partial charge in [-0.15, -0.1) is 0 Å². The Bertz CT molecular complexity index is 638. The lowest BCUT2D eigenvalue weighted by molar-refractivity contribution is -0.121. The molecule has 0 aromatic carbocycles. The Balaban J connectivity index is 2.54. The Hall–Kier alpha value is -1.50. The number of hydrogen-bond acceptors (Lipinski definition) is 4. The molecule has 1 aliphatic rings. The quantitative estimate of drug-likeness (QED) is 0.665. The first-order valence-electron chi connectivity index (χ1n) is 6.39. The number of fused-ring (bicyclic) bond motifs is 1. The molecule has 1 aliphatic heterocycles. The number of pyridine rings is 1. The number of halogens is 2. The molecule has 0 spiro atoms. The number of carbonyl (C=O) groups excluding carboxylic acids is 2. The molecule has 5 nitrogen and oxygen atoms in total. The van der Waals surface area contributed by atoms with Crippen LogP contribution in [0, 0.1) is 5.95 Å². The van der Waals surface area contributed by atoms with E-state index in [2.05, 4.69) is 20.9 Å². The second-order valence-electron chi connectivity index (χ2n) is 6.37. The van der Waals surface area contributed by atoms with Crippen molar-refractivity contribution < 1.29 is 18.7 Å². The molecule has 0 unspecified atom stereocenters. The fourth-order valence-corrected chi connectivity index (χ4v) is 2.37. The molecule has 0 N–H and O–H groups in total. The van der Waals surface area contributed by atoms with Gasteiger partial charge in [0.2, 0.25) is 11.9 Å². The molecule has 2 rings (SSSR count). The van der Waals surface area contributed by atoms with Gasteiger partial charge in [0.25, 0.3) is 0 Å². The van der Waals surface area contributed by atoms with Crippen LogP contribution in [0.2, 0.25) is 0 Å². The maximum Gasteiger partial charge on any atom is 0.421 e. The molecule has 0 bridgehead atoms. The van der Waals surface area contributed by atoms with Crippen LogP contribution in [0.3, 0.4) is 0 Å². The third-order valence-corrected chi connectivity index (χ3v) is 3.62. The normalized spacial score (nSPS) is 16.9. The zero-order valence-electron chi connectivity index (χ0n) is 12.5. The topological polar surface area (TPSA) is 59.5 Å². The summed E-state index contributed by atoms with van der Waals surface area (Å²) in [6.07, 6.45) is -0.792. The van der Waals surface area contributed by atoms with Crippen LogP contribution in [0.4, 0.5) is 14.9 Å². The minimum Gasteiger partial charge on any atom is -0.443 e. The van der Waals surface area contributed by atoms with Gasteiger partial charge >= 0.3 is 6.09 Å². The van der Waals surface area contributed by atoms with Gasteiger partial charge in [-0.1, -0.05) is 0 Å². The maximum absolute atomic E-state index is 13.6. The fraction of sp³-hybridized carbons (Fsp3) is 0.500. The van der Waals surface area contributed by atoms with Crippen LogP contribution in [0.15, 0.2) is 10.5 Å². The van der Waals surface area contributed by atoms with Crippen molar-refractivity contribution in [3.63, 3.8) is 0 Å². The molecule has 1 aromatic rings. The Morgan fingerprint density at radius 3 is 2.52 bits per heavy atom. The SMILES string of the molecule is CC(C)(C)OC(=O)N1C(=O)C(C)(C)c2nc(F)c(Br)cc21. The van der Waals surface area contributed by atoms with Crippen molar-refractivity contribution in [2.75, 3.05) is 4.90 Å². The lowest BCUT2D eigenvalue weighted by atomic mass is 9.90. The molecule has 1 aromatic heterocycles. The summed E-state index contributed by atoms with van der Waals surface area (Å²) in [7, 11) is 0. The van der Waals surface area contributed by atoms with E-state index in [4.69, 9.17) is 4.74 Å². The molecule has 0 saturated carbocycles. The Labute approximate surface area is 130 Å². The Morgan fingerprint density at radius 2 is 2.00 bits per heavy atom. The molecule has 0 aliphatic carbocycles. The molecular weight excluding hydrogens is 343 g/mol.